The Labute approximate surface area is 148 Å². The van der Waals surface area contributed by atoms with Crippen LogP contribution in [-0.4, -0.2) is 30.1 Å². The molecule has 5 nitrogen and oxygen atoms in total. The minimum Gasteiger partial charge on any atom is -0.481 e. The number of nitrogens with one attached hydrogen (secondary N) is 2. The van der Waals surface area contributed by atoms with Crippen LogP contribution < -0.4 is 10.6 Å². The van der Waals surface area contributed by atoms with Gasteiger partial charge in [0.2, 0.25) is 5.91 Å². The summed E-state index contributed by atoms with van der Waals surface area (Å²) in [5.41, 5.74) is -0.234. The second-order valence-electron chi connectivity index (χ2n) is 7.02. The molecule has 1 aromatic carbocycles. The van der Waals surface area contributed by atoms with Crippen LogP contribution in [0.15, 0.2) is 24.3 Å². The number of carbonyl (C=O) groups excluding carboxylic acids is 1. The summed E-state index contributed by atoms with van der Waals surface area (Å²) in [6.07, 6.45) is 4.98. The largest absolute Gasteiger partial charge is 0.481 e. The van der Waals surface area contributed by atoms with E-state index in [1.165, 1.54) is 12.1 Å². The van der Waals surface area contributed by atoms with Gasteiger partial charge in [-0.3, -0.25) is 9.59 Å². The Morgan fingerprint density at radius 3 is 2.40 bits per heavy atom. The minimum atomic E-state index is -1.01. The summed E-state index contributed by atoms with van der Waals surface area (Å²) in [5.74, 6) is -1.37. The van der Waals surface area contributed by atoms with Crippen LogP contribution in [0.1, 0.15) is 45.4 Å². The van der Waals surface area contributed by atoms with Crippen LogP contribution in [0.25, 0.3) is 0 Å². The predicted octanol–water partition coefficient (Wildman–Crippen LogP) is 3.42. The van der Waals surface area contributed by atoms with Crippen molar-refractivity contribution in [1.29, 1.82) is 0 Å². The van der Waals surface area contributed by atoms with Crippen molar-refractivity contribution in [2.75, 3.05) is 18.4 Å². The fourth-order valence-corrected chi connectivity index (χ4v) is 3.51. The third kappa shape index (κ3) is 5.44. The zero-order chi connectivity index (χ0) is 18.3. The van der Waals surface area contributed by atoms with Crippen molar-refractivity contribution in [1.82, 2.24) is 5.32 Å². The Balaban J connectivity index is 1.78. The number of rotatable bonds is 8. The van der Waals surface area contributed by atoms with E-state index in [0.29, 0.717) is 13.1 Å². The van der Waals surface area contributed by atoms with E-state index in [4.69, 9.17) is 0 Å². The first kappa shape index (κ1) is 19.2. The van der Waals surface area contributed by atoms with E-state index in [1.54, 1.807) is 19.1 Å². The number of benzene rings is 1. The third-order valence-electron chi connectivity index (χ3n) is 5.14. The molecule has 0 aromatic heterocycles. The maximum Gasteiger partial charge on any atom is 0.310 e. The number of amides is 1. The molecule has 0 spiro atoms. The van der Waals surface area contributed by atoms with Crippen LogP contribution >= 0.6 is 0 Å². The van der Waals surface area contributed by atoms with Gasteiger partial charge in [-0.15, -0.1) is 0 Å². The molecule has 0 radical (unpaired) electrons. The van der Waals surface area contributed by atoms with E-state index < -0.39 is 11.4 Å². The average Bonchev–Trinajstić information content (AvgIpc) is 2.60. The van der Waals surface area contributed by atoms with E-state index >= 15 is 0 Å². The van der Waals surface area contributed by atoms with E-state index in [9.17, 15) is 19.1 Å². The fourth-order valence-electron chi connectivity index (χ4n) is 3.51. The minimum absolute atomic E-state index is 0.00352. The molecule has 1 atom stereocenters. The van der Waals surface area contributed by atoms with Gasteiger partial charge >= 0.3 is 5.97 Å². The van der Waals surface area contributed by atoms with Crippen LogP contribution in [0.4, 0.5) is 10.1 Å². The second kappa shape index (κ2) is 8.83. The molecule has 1 amide bonds. The zero-order valence-electron chi connectivity index (χ0n) is 14.7. The monoisotopic (exact) mass is 350 g/mol. The molecule has 6 heteroatoms. The number of carboxylic acid groups (broad SMARTS) is 1. The van der Waals surface area contributed by atoms with E-state index in [2.05, 4.69) is 10.6 Å². The Hall–Kier alpha value is -2.11. The van der Waals surface area contributed by atoms with Crippen LogP contribution in [0, 0.1) is 17.2 Å². The van der Waals surface area contributed by atoms with Crippen LogP contribution in [-0.2, 0) is 9.59 Å². The number of hydrogen-bond acceptors (Lipinski definition) is 3. The molecule has 2 rings (SSSR count). The number of carbonyl (C=O) groups is 2. The van der Waals surface area contributed by atoms with Crippen molar-refractivity contribution in [2.24, 2.45) is 11.3 Å². The maximum atomic E-state index is 12.8. The summed E-state index contributed by atoms with van der Waals surface area (Å²) in [7, 11) is 0. The first-order chi connectivity index (χ1) is 11.9. The van der Waals surface area contributed by atoms with Gasteiger partial charge in [-0.2, -0.15) is 0 Å². The smallest absolute Gasteiger partial charge is 0.310 e. The van der Waals surface area contributed by atoms with E-state index in [-0.39, 0.29) is 24.1 Å². The quantitative estimate of drug-likeness (QED) is 0.628. The van der Waals surface area contributed by atoms with Crippen molar-refractivity contribution in [2.45, 2.75) is 45.4 Å². The molecule has 1 aromatic rings. The molecule has 0 heterocycles. The molecule has 1 saturated carbocycles. The van der Waals surface area contributed by atoms with E-state index in [1.807, 2.05) is 0 Å². The Morgan fingerprint density at radius 1 is 1.16 bits per heavy atom. The average molecular weight is 350 g/mol. The number of carboxylic acids is 1. The van der Waals surface area contributed by atoms with Crippen molar-refractivity contribution in [3.8, 4) is 0 Å². The molecule has 0 saturated heterocycles. The van der Waals surface area contributed by atoms with Gasteiger partial charge in [0.05, 0.1) is 5.41 Å². The molecule has 3 N–H and O–H groups in total. The summed E-state index contributed by atoms with van der Waals surface area (Å²) in [5, 5.41) is 15.5. The van der Waals surface area contributed by atoms with Gasteiger partial charge in [0.25, 0.3) is 0 Å². The van der Waals surface area contributed by atoms with Crippen molar-refractivity contribution in [3.05, 3.63) is 30.1 Å². The SMILES string of the molecule is CC(CC(=O)NCCNc1ccc(F)cc1)(C(=O)O)C1CCCCC1. The lowest BCUT2D eigenvalue weighted by molar-refractivity contribution is -0.155. The Kier molecular flexibility index (Phi) is 6.79. The highest BCUT2D eigenvalue weighted by Crippen LogP contribution is 2.41. The van der Waals surface area contributed by atoms with Crippen molar-refractivity contribution in [3.63, 3.8) is 0 Å². The predicted molar refractivity (Wildman–Crippen MR) is 94.8 cm³/mol. The molecule has 0 bridgehead atoms. The topological polar surface area (TPSA) is 78.4 Å². The van der Waals surface area contributed by atoms with Crippen molar-refractivity contribution < 1.29 is 19.1 Å². The standard InChI is InChI=1S/C19H27FN2O3/c1-19(18(24)25,14-5-3-2-4-6-14)13-17(23)22-12-11-21-16-9-7-15(20)8-10-16/h7-10,14,21H,2-6,11-13H2,1H3,(H,22,23)(H,24,25). The lowest BCUT2D eigenvalue weighted by Gasteiger charge is -2.36. The lowest BCUT2D eigenvalue weighted by atomic mass is 9.68. The zero-order valence-corrected chi connectivity index (χ0v) is 14.7. The number of hydrogen-bond donors (Lipinski definition) is 3. The Morgan fingerprint density at radius 2 is 1.80 bits per heavy atom. The first-order valence-corrected chi connectivity index (χ1v) is 8.91. The second-order valence-corrected chi connectivity index (χ2v) is 7.02. The van der Waals surface area contributed by atoms with Crippen molar-refractivity contribution >= 4 is 17.6 Å². The molecule has 1 aliphatic carbocycles. The summed E-state index contributed by atoms with van der Waals surface area (Å²) in [6, 6.07) is 5.98. The highest BCUT2D eigenvalue weighted by atomic mass is 19.1. The van der Waals surface area contributed by atoms with Gasteiger partial charge in [0.1, 0.15) is 5.82 Å². The molecule has 1 unspecified atom stereocenters. The summed E-state index contributed by atoms with van der Waals surface area (Å²) in [6.45, 7) is 2.57. The van der Waals surface area contributed by atoms with Gasteiger partial charge in [0.15, 0.2) is 0 Å². The lowest BCUT2D eigenvalue weighted by Crippen LogP contribution is -2.42. The molecular formula is C19H27FN2O3. The molecule has 1 fully saturated rings. The molecule has 0 aliphatic heterocycles. The Bertz CT molecular complexity index is 585. The highest BCUT2D eigenvalue weighted by molar-refractivity contribution is 5.85. The summed E-state index contributed by atoms with van der Waals surface area (Å²) >= 11 is 0. The summed E-state index contributed by atoms with van der Waals surface area (Å²) < 4.78 is 12.8. The van der Waals surface area contributed by atoms with Gasteiger partial charge in [0, 0.05) is 25.2 Å². The number of aliphatic carboxylic acids is 1. The van der Waals surface area contributed by atoms with E-state index in [0.717, 1.165) is 37.8 Å². The fraction of sp³-hybridized carbons (Fsp3) is 0.579. The van der Waals surface area contributed by atoms with Gasteiger partial charge in [-0.05, 0) is 49.9 Å². The number of halogens is 1. The molecule has 1 aliphatic rings. The molecular weight excluding hydrogens is 323 g/mol. The number of anilines is 1. The van der Waals surface area contributed by atoms with Crippen LogP contribution in [0.3, 0.4) is 0 Å². The van der Waals surface area contributed by atoms with Crippen LogP contribution in [0.2, 0.25) is 0 Å². The molecule has 25 heavy (non-hydrogen) atoms. The van der Waals surface area contributed by atoms with Gasteiger partial charge in [-0.25, -0.2) is 4.39 Å². The third-order valence-corrected chi connectivity index (χ3v) is 5.14. The normalized spacial score (nSPS) is 17.5. The van der Waals surface area contributed by atoms with Crippen LogP contribution in [0.5, 0.6) is 0 Å². The highest BCUT2D eigenvalue weighted by Gasteiger charge is 2.43. The maximum absolute atomic E-state index is 12.8. The first-order valence-electron chi connectivity index (χ1n) is 8.91. The van der Waals surface area contributed by atoms with Gasteiger partial charge < -0.3 is 15.7 Å². The van der Waals surface area contributed by atoms with Gasteiger partial charge in [-0.1, -0.05) is 19.3 Å². The summed E-state index contributed by atoms with van der Waals surface area (Å²) in [4.78, 5) is 24.0. The molecule has 138 valence electrons.